The van der Waals surface area contributed by atoms with E-state index in [9.17, 15) is 18.3 Å². The Hall–Kier alpha value is -1.40. The highest BCUT2D eigenvalue weighted by molar-refractivity contribution is 7.91. The van der Waals surface area contributed by atoms with Gasteiger partial charge in [-0.2, -0.15) is 0 Å². The molecule has 6 heteroatoms. The van der Waals surface area contributed by atoms with E-state index in [1.807, 2.05) is 0 Å². The molecule has 1 aromatic rings. The van der Waals surface area contributed by atoms with Crippen molar-refractivity contribution < 1.29 is 18.3 Å². The molecule has 0 radical (unpaired) electrons. The summed E-state index contributed by atoms with van der Waals surface area (Å²) in [5, 5.41) is 12.6. The number of Topliss-reactive ketones (excluding diaryl/α,β-unsaturated/α-hetero) is 1. The fraction of sp³-hybridized carbons (Fsp3) is 0.417. The van der Waals surface area contributed by atoms with Crippen molar-refractivity contribution in [1.82, 2.24) is 0 Å². The maximum atomic E-state index is 11.4. The second kappa shape index (κ2) is 4.70. The van der Waals surface area contributed by atoms with Crippen molar-refractivity contribution in [1.29, 1.82) is 0 Å². The number of rotatable bonds is 3. The Balaban J connectivity index is 2.15. The average molecular weight is 269 g/mol. The molecule has 0 amide bonds. The van der Waals surface area contributed by atoms with Gasteiger partial charge in [0.2, 0.25) is 0 Å². The fourth-order valence-corrected chi connectivity index (χ4v) is 3.75. The van der Waals surface area contributed by atoms with Crippen LogP contribution in [0.3, 0.4) is 0 Å². The van der Waals surface area contributed by atoms with Crippen LogP contribution in [-0.4, -0.2) is 43.0 Å². The molecule has 1 saturated heterocycles. The molecular weight excluding hydrogens is 254 g/mol. The zero-order valence-electron chi connectivity index (χ0n) is 9.96. The maximum Gasteiger partial charge on any atom is 0.159 e. The molecule has 0 bridgehead atoms. The molecule has 2 atom stereocenters. The third-order valence-electron chi connectivity index (χ3n) is 2.94. The van der Waals surface area contributed by atoms with Gasteiger partial charge in [0.1, 0.15) is 0 Å². The number of benzene rings is 1. The lowest BCUT2D eigenvalue weighted by Crippen LogP contribution is -2.31. The summed E-state index contributed by atoms with van der Waals surface area (Å²) in [4.78, 5) is 11.2. The van der Waals surface area contributed by atoms with Crippen LogP contribution in [0.15, 0.2) is 24.3 Å². The predicted molar refractivity (Wildman–Crippen MR) is 68.5 cm³/mol. The number of aliphatic hydroxyl groups excluding tert-OH is 1. The van der Waals surface area contributed by atoms with Gasteiger partial charge in [-0.15, -0.1) is 0 Å². The summed E-state index contributed by atoms with van der Waals surface area (Å²) in [5.41, 5.74) is 1.19. The van der Waals surface area contributed by atoms with E-state index in [1.54, 1.807) is 24.3 Å². The van der Waals surface area contributed by atoms with Crippen LogP contribution in [0.1, 0.15) is 17.3 Å². The van der Waals surface area contributed by atoms with E-state index in [-0.39, 0.29) is 17.3 Å². The van der Waals surface area contributed by atoms with Gasteiger partial charge < -0.3 is 10.4 Å². The Morgan fingerprint density at radius 1 is 1.39 bits per heavy atom. The van der Waals surface area contributed by atoms with Gasteiger partial charge >= 0.3 is 0 Å². The highest BCUT2D eigenvalue weighted by Gasteiger charge is 2.36. The van der Waals surface area contributed by atoms with Gasteiger partial charge in [0.15, 0.2) is 15.6 Å². The average Bonchev–Trinajstić information content (AvgIpc) is 2.52. The topological polar surface area (TPSA) is 83.5 Å². The zero-order chi connectivity index (χ0) is 13.3. The van der Waals surface area contributed by atoms with E-state index in [1.165, 1.54) is 6.92 Å². The highest BCUT2D eigenvalue weighted by Crippen LogP contribution is 2.19. The summed E-state index contributed by atoms with van der Waals surface area (Å²) in [5.74, 6) is -0.353. The molecule has 0 saturated carbocycles. The van der Waals surface area contributed by atoms with Crippen LogP contribution in [0.4, 0.5) is 5.69 Å². The standard InChI is InChI=1S/C12H15NO4S/c1-8(14)9-3-2-4-10(5-9)13-11-6-18(16,17)7-12(11)15/h2-5,11-13,15H,6-7H2,1H3/t11-,12+/m1/s1. The lowest BCUT2D eigenvalue weighted by Gasteiger charge is -2.16. The van der Waals surface area contributed by atoms with Crippen molar-refractivity contribution >= 4 is 21.3 Å². The monoisotopic (exact) mass is 269 g/mol. The summed E-state index contributed by atoms with van der Waals surface area (Å²) in [6.45, 7) is 1.47. The van der Waals surface area contributed by atoms with Gasteiger partial charge in [-0.1, -0.05) is 12.1 Å². The fourth-order valence-electron chi connectivity index (χ4n) is 2.01. The minimum absolute atomic E-state index is 0.0572. The number of carbonyl (C=O) groups is 1. The van der Waals surface area contributed by atoms with Crippen molar-refractivity contribution in [2.45, 2.75) is 19.1 Å². The number of hydrogen-bond donors (Lipinski definition) is 2. The third-order valence-corrected chi connectivity index (χ3v) is 4.66. The second-order valence-electron chi connectivity index (χ2n) is 4.53. The number of carbonyl (C=O) groups excluding carboxylic acids is 1. The van der Waals surface area contributed by atoms with Crippen LogP contribution in [-0.2, 0) is 9.84 Å². The predicted octanol–water partition coefficient (Wildman–Crippen LogP) is 0.459. The molecular formula is C12H15NO4S. The van der Waals surface area contributed by atoms with Gasteiger partial charge in [-0.3, -0.25) is 4.79 Å². The summed E-state index contributed by atoms with van der Waals surface area (Å²) >= 11 is 0. The van der Waals surface area contributed by atoms with E-state index in [0.717, 1.165) is 0 Å². The molecule has 18 heavy (non-hydrogen) atoms. The van der Waals surface area contributed by atoms with E-state index < -0.39 is 22.0 Å². The summed E-state index contributed by atoms with van der Waals surface area (Å²) < 4.78 is 22.7. The van der Waals surface area contributed by atoms with Crippen LogP contribution >= 0.6 is 0 Å². The van der Waals surface area contributed by atoms with Crippen LogP contribution in [0.25, 0.3) is 0 Å². The van der Waals surface area contributed by atoms with Gasteiger partial charge in [0.05, 0.1) is 23.7 Å². The SMILES string of the molecule is CC(=O)c1cccc(N[C@@H]2CS(=O)(=O)C[C@@H]2O)c1. The van der Waals surface area contributed by atoms with Gasteiger partial charge in [0, 0.05) is 11.3 Å². The summed E-state index contributed by atoms with van der Waals surface area (Å²) in [6.07, 6.45) is -0.906. The van der Waals surface area contributed by atoms with Crippen molar-refractivity contribution in [2.75, 3.05) is 16.8 Å². The highest BCUT2D eigenvalue weighted by atomic mass is 32.2. The minimum atomic E-state index is -3.17. The first-order valence-electron chi connectivity index (χ1n) is 5.63. The van der Waals surface area contributed by atoms with Crippen molar-refractivity contribution in [3.63, 3.8) is 0 Å². The number of sulfone groups is 1. The Labute approximate surface area is 106 Å². The first-order chi connectivity index (χ1) is 8.37. The van der Waals surface area contributed by atoms with Crippen molar-refractivity contribution in [3.8, 4) is 0 Å². The van der Waals surface area contributed by atoms with Gasteiger partial charge in [-0.25, -0.2) is 8.42 Å². The normalized spacial score (nSPS) is 25.9. The molecule has 0 unspecified atom stereocenters. The van der Waals surface area contributed by atoms with Crippen LogP contribution in [0.2, 0.25) is 0 Å². The molecule has 1 fully saturated rings. The number of ketones is 1. The van der Waals surface area contributed by atoms with Crippen LogP contribution in [0.5, 0.6) is 0 Å². The van der Waals surface area contributed by atoms with Crippen molar-refractivity contribution in [2.24, 2.45) is 0 Å². The maximum absolute atomic E-state index is 11.4. The lowest BCUT2D eigenvalue weighted by molar-refractivity contribution is 0.101. The molecule has 5 nitrogen and oxygen atoms in total. The van der Waals surface area contributed by atoms with Crippen LogP contribution in [0, 0.1) is 0 Å². The first-order valence-corrected chi connectivity index (χ1v) is 7.45. The lowest BCUT2D eigenvalue weighted by atomic mass is 10.1. The molecule has 1 aromatic carbocycles. The molecule has 2 rings (SSSR count). The second-order valence-corrected chi connectivity index (χ2v) is 6.69. The third kappa shape index (κ3) is 2.88. The van der Waals surface area contributed by atoms with E-state index in [4.69, 9.17) is 0 Å². The Morgan fingerprint density at radius 2 is 2.11 bits per heavy atom. The molecule has 98 valence electrons. The molecule has 1 aliphatic rings. The molecule has 2 N–H and O–H groups in total. The zero-order valence-corrected chi connectivity index (χ0v) is 10.8. The van der Waals surface area contributed by atoms with Crippen molar-refractivity contribution in [3.05, 3.63) is 29.8 Å². The summed E-state index contributed by atoms with van der Waals surface area (Å²) in [6, 6.07) is 6.28. The quantitative estimate of drug-likeness (QED) is 0.779. The first kappa shape index (κ1) is 13.0. The Bertz CT molecular complexity index is 567. The Kier molecular flexibility index (Phi) is 3.41. The van der Waals surface area contributed by atoms with E-state index in [2.05, 4.69) is 5.32 Å². The van der Waals surface area contributed by atoms with Crippen LogP contribution < -0.4 is 5.32 Å². The number of nitrogens with one attached hydrogen (secondary N) is 1. The van der Waals surface area contributed by atoms with Gasteiger partial charge in [-0.05, 0) is 19.1 Å². The molecule has 0 aliphatic carbocycles. The number of aliphatic hydroxyl groups is 1. The summed E-state index contributed by atoms with van der Waals surface area (Å²) in [7, 11) is -3.17. The minimum Gasteiger partial charge on any atom is -0.390 e. The number of hydrogen-bond acceptors (Lipinski definition) is 5. The van der Waals surface area contributed by atoms with E-state index >= 15 is 0 Å². The smallest absolute Gasteiger partial charge is 0.159 e. The molecule has 0 aromatic heterocycles. The molecule has 1 heterocycles. The van der Waals surface area contributed by atoms with Gasteiger partial charge in [0.25, 0.3) is 0 Å². The van der Waals surface area contributed by atoms with E-state index in [0.29, 0.717) is 11.3 Å². The molecule has 1 aliphatic heterocycles. The number of anilines is 1. The molecule has 0 spiro atoms. The Morgan fingerprint density at radius 3 is 2.67 bits per heavy atom. The largest absolute Gasteiger partial charge is 0.390 e.